The van der Waals surface area contributed by atoms with E-state index in [0.717, 1.165) is 43.8 Å². The molecule has 1 amide bonds. The molecular formula is C28H46N2O2. The molecule has 0 aromatic carbocycles. The quantitative estimate of drug-likeness (QED) is 0.475. The van der Waals surface area contributed by atoms with Crippen LogP contribution in [0.2, 0.25) is 0 Å². The molecule has 180 valence electrons. The van der Waals surface area contributed by atoms with E-state index in [1.54, 1.807) is 0 Å². The summed E-state index contributed by atoms with van der Waals surface area (Å²) in [5.74, 6) is 1.93. The molecule has 2 saturated carbocycles. The Bertz CT molecular complexity index is 663. The topological polar surface area (TPSA) is 46.3 Å². The number of hydrogen-bond donors (Lipinski definition) is 0. The van der Waals surface area contributed by atoms with E-state index in [-0.39, 0.29) is 12.0 Å². The van der Waals surface area contributed by atoms with Crippen LogP contribution in [0.3, 0.4) is 0 Å². The Morgan fingerprint density at radius 2 is 1.25 bits per heavy atom. The molecule has 1 aromatic heterocycles. The number of oxazole rings is 1. The normalized spacial score (nSPS) is 26.1. The van der Waals surface area contributed by atoms with Crippen molar-refractivity contribution in [2.45, 2.75) is 140 Å². The lowest BCUT2D eigenvalue weighted by Gasteiger charge is -2.27. The van der Waals surface area contributed by atoms with Crippen molar-refractivity contribution in [3.63, 3.8) is 0 Å². The second-order valence-corrected chi connectivity index (χ2v) is 10.8. The number of rotatable bonds is 3. The number of amides is 1. The summed E-state index contributed by atoms with van der Waals surface area (Å²) in [6.45, 7) is 0.876. The van der Waals surface area contributed by atoms with Crippen LogP contribution in [0.15, 0.2) is 10.7 Å². The minimum absolute atomic E-state index is 0.0617. The van der Waals surface area contributed by atoms with E-state index in [4.69, 9.17) is 9.40 Å². The first-order valence-corrected chi connectivity index (χ1v) is 14.1. The van der Waals surface area contributed by atoms with E-state index in [1.165, 1.54) is 103 Å². The molecule has 0 N–H and O–H groups in total. The van der Waals surface area contributed by atoms with Gasteiger partial charge in [-0.25, -0.2) is 4.98 Å². The third-order valence-corrected chi connectivity index (χ3v) is 8.34. The summed E-state index contributed by atoms with van der Waals surface area (Å²) in [7, 11) is 0. The number of likely N-dealkylation sites (tertiary alicyclic amines) is 1. The van der Waals surface area contributed by atoms with Crippen molar-refractivity contribution >= 4 is 5.91 Å². The molecule has 3 aliphatic rings. The Morgan fingerprint density at radius 3 is 1.84 bits per heavy atom. The van der Waals surface area contributed by atoms with E-state index >= 15 is 0 Å². The maximum absolute atomic E-state index is 13.5. The van der Waals surface area contributed by atoms with E-state index in [1.807, 2.05) is 6.26 Å². The number of nitrogens with zero attached hydrogens (tertiary/aromatic N) is 2. The summed E-state index contributed by atoms with van der Waals surface area (Å²) < 4.78 is 6.08. The summed E-state index contributed by atoms with van der Waals surface area (Å²) in [4.78, 5) is 20.7. The maximum atomic E-state index is 13.5. The van der Waals surface area contributed by atoms with Gasteiger partial charge in [0.25, 0.3) is 0 Å². The molecule has 4 nitrogen and oxygen atoms in total. The maximum Gasteiger partial charge on any atom is 0.226 e. The van der Waals surface area contributed by atoms with Crippen LogP contribution >= 0.6 is 0 Å². The van der Waals surface area contributed by atoms with Crippen LogP contribution in [0.5, 0.6) is 0 Å². The molecule has 3 fully saturated rings. The lowest BCUT2D eigenvalue weighted by atomic mass is 9.93. The van der Waals surface area contributed by atoms with Gasteiger partial charge in [-0.15, -0.1) is 0 Å². The van der Waals surface area contributed by atoms with Gasteiger partial charge < -0.3 is 9.32 Å². The Morgan fingerprint density at radius 1 is 0.719 bits per heavy atom. The predicted molar refractivity (Wildman–Crippen MR) is 130 cm³/mol. The fourth-order valence-corrected chi connectivity index (χ4v) is 6.33. The van der Waals surface area contributed by atoms with Gasteiger partial charge in [-0.2, -0.15) is 0 Å². The standard InChI is InChI=1S/C28H46N2O2/c31-28(24-18-13-9-5-6-10-14-19-24)30-21-15-20-26(30)27-29-25(22-32-27)23-16-11-7-3-1-2-4-8-12-17-23/h22-24,26H,1-21H2. The first-order valence-electron chi connectivity index (χ1n) is 14.1. The van der Waals surface area contributed by atoms with Crippen molar-refractivity contribution in [3.05, 3.63) is 17.8 Å². The van der Waals surface area contributed by atoms with Crippen molar-refractivity contribution < 1.29 is 9.21 Å². The summed E-state index contributed by atoms with van der Waals surface area (Å²) in [6, 6.07) is 0.0617. The molecule has 4 heteroatoms. The van der Waals surface area contributed by atoms with Gasteiger partial charge in [-0.3, -0.25) is 4.79 Å². The average molecular weight is 443 g/mol. The average Bonchev–Trinajstić information content (AvgIpc) is 3.48. The lowest BCUT2D eigenvalue weighted by molar-refractivity contribution is -0.137. The minimum Gasteiger partial charge on any atom is -0.446 e. The first-order chi connectivity index (χ1) is 15.8. The van der Waals surface area contributed by atoms with Gasteiger partial charge >= 0.3 is 0 Å². The third kappa shape index (κ3) is 6.60. The summed E-state index contributed by atoms with van der Waals surface area (Å²) in [5, 5.41) is 0. The molecule has 1 saturated heterocycles. The van der Waals surface area contributed by atoms with Crippen LogP contribution in [0.1, 0.15) is 152 Å². The van der Waals surface area contributed by atoms with Gasteiger partial charge in [0.1, 0.15) is 12.3 Å². The zero-order valence-electron chi connectivity index (χ0n) is 20.4. The van der Waals surface area contributed by atoms with Crippen molar-refractivity contribution in [3.8, 4) is 0 Å². The first kappa shape index (κ1) is 23.8. The molecule has 1 atom stereocenters. The minimum atomic E-state index is 0.0617. The Labute approximate surface area is 195 Å². The third-order valence-electron chi connectivity index (χ3n) is 8.34. The van der Waals surface area contributed by atoms with Gasteiger partial charge in [0.2, 0.25) is 11.8 Å². The molecule has 1 aliphatic heterocycles. The highest BCUT2D eigenvalue weighted by Gasteiger charge is 2.36. The fraction of sp³-hybridized carbons (Fsp3) is 0.857. The number of hydrogen-bond acceptors (Lipinski definition) is 3. The number of aromatic nitrogens is 1. The van der Waals surface area contributed by atoms with Gasteiger partial charge in [0.05, 0.1) is 5.69 Å². The van der Waals surface area contributed by atoms with Gasteiger partial charge in [-0.1, -0.05) is 89.9 Å². The highest BCUT2D eigenvalue weighted by atomic mass is 16.3. The smallest absolute Gasteiger partial charge is 0.226 e. The second-order valence-electron chi connectivity index (χ2n) is 10.8. The molecule has 2 heterocycles. The Balaban J connectivity index is 1.40. The molecule has 2 aliphatic carbocycles. The summed E-state index contributed by atoms with van der Waals surface area (Å²) >= 11 is 0. The summed E-state index contributed by atoms with van der Waals surface area (Å²) in [6.07, 6.45) is 27.2. The molecule has 0 bridgehead atoms. The predicted octanol–water partition coefficient (Wildman–Crippen LogP) is 8.09. The Kier molecular flexibility index (Phi) is 9.53. The molecule has 32 heavy (non-hydrogen) atoms. The van der Waals surface area contributed by atoms with E-state index in [2.05, 4.69) is 4.90 Å². The summed E-state index contributed by atoms with van der Waals surface area (Å²) in [5.41, 5.74) is 1.15. The lowest BCUT2D eigenvalue weighted by Crippen LogP contribution is -2.36. The SMILES string of the molecule is O=C(C1CCCCCCCC1)N1CCCC1c1nc(C2CCCCCCCCCC2)co1. The van der Waals surface area contributed by atoms with Gasteiger partial charge in [0, 0.05) is 18.4 Å². The van der Waals surface area contributed by atoms with Crippen molar-refractivity contribution in [1.82, 2.24) is 9.88 Å². The highest BCUT2D eigenvalue weighted by Crippen LogP contribution is 2.37. The van der Waals surface area contributed by atoms with Crippen LogP contribution in [-0.4, -0.2) is 22.3 Å². The van der Waals surface area contributed by atoms with Crippen molar-refractivity contribution in [1.29, 1.82) is 0 Å². The van der Waals surface area contributed by atoms with Gasteiger partial charge in [-0.05, 0) is 38.5 Å². The number of carbonyl (C=O) groups is 1. The van der Waals surface area contributed by atoms with Crippen molar-refractivity contribution in [2.75, 3.05) is 6.54 Å². The highest BCUT2D eigenvalue weighted by molar-refractivity contribution is 5.79. The largest absolute Gasteiger partial charge is 0.446 e. The fourth-order valence-electron chi connectivity index (χ4n) is 6.33. The molecule has 1 aromatic rings. The van der Waals surface area contributed by atoms with Crippen LogP contribution in [0, 0.1) is 5.92 Å². The second kappa shape index (κ2) is 12.8. The van der Waals surface area contributed by atoms with Crippen LogP contribution < -0.4 is 0 Å². The van der Waals surface area contributed by atoms with E-state index < -0.39 is 0 Å². The van der Waals surface area contributed by atoms with Crippen LogP contribution in [0.25, 0.3) is 0 Å². The molecular weight excluding hydrogens is 396 g/mol. The monoisotopic (exact) mass is 442 g/mol. The van der Waals surface area contributed by atoms with Crippen molar-refractivity contribution in [2.24, 2.45) is 5.92 Å². The van der Waals surface area contributed by atoms with Crippen LogP contribution in [0.4, 0.5) is 0 Å². The van der Waals surface area contributed by atoms with Gasteiger partial charge in [0.15, 0.2) is 0 Å². The zero-order chi connectivity index (χ0) is 22.0. The molecule has 0 radical (unpaired) electrons. The molecule has 0 spiro atoms. The van der Waals surface area contributed by atoms with Crippen LogP contribution in [-0.2, 0) is 4.79 Å². The number of carbonyl (C=O) groups excluding carboxylic acids is 1. The Hall–Kier alpha value is -1.32. The molecule has 4 rings (SSSR count). The molecule has 1 unspecified atom stereocenters. The van der Waals surface area contributed by atoms with E-state index in [0.29, 0.717) is 11.8 Å². The zero-order valence-corrected chi connectivity index (χ0v) is 20.4. The van der Waals surface area contributed by atoms with E-state index in [9.17, 15) is 4.79 Å².